The summed E-state index contributed by atoms with van der Waals surface area (Å²) >= 11 is 0. The van der Waals surface area contributed by atoms with Gasteiger partial charge in [-0.25, -0.2) is 0 Å². The normalized spacial score (nSPS) is 18.6. The fourth-order valence-electron chi connectivity index (χ4n) is 6.10. The monoisotopic (exact) mass is 536 g/mol. The third kappa shape index (κ3) is 4.68. The molecule has 0 radical (unpaired) electrons. The minimum Gasteiger partial charge on any atom is -0.494 e. The van der Waals surface area contributed by atoms with Crippen molar-refractivity contribution in [3.63, 3.8) is 0 Å². The Morgan fingerprint density at radius 2 is 1.15 bits per heavy atom. The SMILES string of the molecule is COC1=C(OC)C(Nc2ccccc2)(c2ccncc2)C(c2ccccc2)C(c2ccccc2)=C1c1ccccc1. The summed E-state index contributed by atoms with van der Waals surface area (Å²) in [5.41, 5.74) is 6.54. The Labute approximate surface area is 241 Å². The smallest absolute Gasteiger partial charge is 0.169 e. The molecule has 6 rings (SSSR count). The highest BCUT2D eigenvalue weighted by molar-refractivity contribution is 6.03. The predicted octanol–water partition coefficient (Wildman–Crippen LogP) is 8.30. The molecule has 1 aliphatic carbocycles. The van der Waals surface area contributed by atoms with Crippen LogP contribution in [0.1, 0.15) is 28.2 Å². The van der Waals surface area contributed by atoms with Crippen molar-refractivity contribution in [1.82, 2.24) is 4.98 Å². The quantitative estimate of drug-likeness (QED) is 0.217. The van der Waals surface area contributed by atoms with Crippen LogP contribution in [0, 0.1) is 0 Å². The van der Waals surface area contributed by atoms with Crippen LogP contribution in [-0.4, -0.2) is 19.2 Å². The van der Waals surface area contributed by atoms with Crippen molar-refractivity contribution in [2.24, 2.45) is 0 Å². The van der Waals surface area contributed by atoms with Gasteiger partial charge in [-0.3, -0.25) is 4.98 Å². The van der Waals surface area contributed by atoms with E-state index >= 15 is 0 Å². The van der Waals surface area contributed by atoms with Crippen LogP contribution in [0.25, 0.3) is 11.1 Å². The first-order valence-electron chi connectivity index (χ1n) is 13.7. The third-order valence-corrected chi connectivity index (χ3v) is 7.72. The Morgan fingerprint density at radius 3 is 1.71 bits per heavy atom. The van der Waals surface area contributed by atoms with Crippen molar-refractivity contribution < 1.29 is 9.47 Å². The van der Waals surface area contributed by atoms with E-state index in [1.54, 1.807) is 14.2 Å². The molecule has 4 heteroatoms. The molecule has 1 aliphatic rings. The number of hydrogen-bond donors (Lipinski definition) is 1. The number of anilines is 1. The average molecular weight is 537 g/mol. The fourth-order valence-corrected chi connectivity index (χ4v) is 6.10. The summed E-state index contributed by atoms with van der Waals surface area (Å²) < 4.78 is 12.8. The van der Waals surface area contributed by atoms with E-state index in [-0.39, 0.29) is 5.92 Å². The number of benzene rings is 4. The van der Waals surface area contributed by atoms with Gasteiger partial charge >= 0.3 is 0 Å². The number of allylic oxidation sites excluding steroid dienone is 1. The van der Waals surface area contributed by atoms with E-state index in [1.807, 2.05) is 36.7 Å². The van der Waals surface area contributed by atoms with Crippen molar-refractivity contribution in [2.75, 3.05) is 19.5 Å². The Kier molecular flexibility index (Phi) is 7.38. The number of ether oxygens (including phenoxy) is 2. The highest BCUT2D eigenvalue weighted by Gasteiger charge is 2.54. The topological polar surface area (TPSA) is 43.4 Å². The highest BCUT2D eigenvalue weighted by Crippen LogP contribution is 2.59. The number of hydrogen-bond acceptors (Lipinski definition) is 4. The Hall–Kier alpha value is -5.09. The first kappa shape index (κ1) is 26.1. The Balaban J connectivity index is 1.81. The minimum absolute atomic E-state index is 0.224. The summed E-state index contributed by atoms with van der Waals surface area (Å²) in [6.45, 7) is 0. The maximum Gasteiger partial charge on any atom is 0.169 e. The molecule has 0 saturated heterocycles. The molecule has 1 N–H and O–H groups in total. The van der Waals surface area contributed by atoms with E-state index in [0.29, 0.717) is 11.5 Å². The van der Waals surface area contributed by atoms with Crippen LogP contribution in [0.5, 0.6) is 0 Å². The van der Waals surface area contributed by atoms with Crippen LogP contribution in [0.15, 0.2) is 157 Å². The van der Waals surface area contributed by atoms with E-state index in [4.69, 9.17) is 9.47 Å². The standard InChI is InChI=1S/C37H32N2O2/c1-40-35-33(28-17-9-4-10-18-28)32(27-15-7-3-8-16-27)34(29-19-11-5-12-20-29)37(36(35)41-2,30-23-25-38-26-24-30)39-31-21-13-6-14-22-31/h3-26,34,39H,1-2H3. The van der Waals surface area contributed by atoms with Gasteiger partial charge in [-0.15, -0.1) is 0 Å². The van der Waals surface area contributed by atoms with Crippen LogP contribution in [0.2, 0.25) is 0 Å². The van der Waals surface area contributed by atoms with Gasteiger partial charge in [0.05, 0.1) is 14.2 Å². The first-order chi connectivity index (χ1) is 20.3. The Morgan fingerprint density at radius 1 is 0.610 bits per heavy atom. The second-order valence-electron chi connectivity index (χ2n) is 9.97. The van der Waals surface area contributed by atoms with Crippen LogP contribution in [-0.2, 0) is 15.0 Å². The zero-order chi connectivity index (χ0) is 28.1. The van der Waals surface area contributed by atoms with Crippen molar-refractivity contribution >= 4 is 16.8 Å². The van der Waals surface area contributed by atoms with Crippen molar-refractivity contribution in [2.45, 2.75) is 11.5 Å². The number of methoxy groups -OCH3 is 2. The first-order valence-corrected chi connectivity index (χ1v) is 13.7. The molecule has 2 atom stereocenters. The summed E-state index contributed by atoms with van der Waals surface area (Å²) in [4.78, 5) is 4.38. The van der Waals surface area contributed by atoms with Gasteiger partial charge in [-0.2, -0.15) is 0 Å². The molecule has 2 unspecified atom stereocenters. The maximum atomic E-state index is 6.46. The molecule has 41 heavy (non-hydrogen) atoms. The number of para-hydroxylation sites is 1. The predicted molar refractivity (Wildman–Crippen MR) is 166 cm³/mol. The molecule has 4 aromatic carbocycles. The highest BCUT2D eigenvalue weighted by atomic mass is 16.5. The third-order valence-electron chi connectivity index (χ3n) is 7.72. The number of aromatic nitrogens is 1. The summed E-state index contributed by atoms with van der Waals surface area (Å²) in [7, 11) is 3.46. The molecule has 202 valence electrons. The zero-order valence-electron chi connectivity index (χ0n) is 23.2. The Bertz CT molecular complexity index is 1650. The number of nitrogens with zero attached hydrogens (tertiary/aromatic N) is 1. The fraction of sp³-hybridized carbons (Fsp3) is 0.108. The van der Waals surface area contributed by atoms with Gasteiger partial charge < -0.3 is 14.8 Å². The molecule has 0 spiro atoms. The van der Waals surface area contributed by atoms with E-state index in [9.17, 15) is 0 Å². The largest absolute Gasteiger partial charge is 0.494 e. The molecule has 4 nitrogen and oxygen atoms in total. The van der Waals surface area contributed by atoms with E-state index < -0.39 is 5.54 Å². The molecule has 1 aromatic heterocycles. The lowest BCUT2D eigenvalue weighted by atomic mass is 9.63. The van der Waals surface area contributed by atoms with E-state index in [0.717, 1.165) is 39.1 Å². The molecule has 5 aromatic rings. The molecule has 0 saturated carbocycles. The molecule has 0 amide bonds. The average Bonchev–Trinajstić information content (AvgIpc) is 3.06. The molecule has 0 fully saturated rings. The van der Waals surface area contributed by atoms with Crippen LogP contribution < -0.4 is 5.32 Å². The number of rotatable bonds is 8. The van der Waals surface area contributed by atoms with E-state index in [2.05, 4.69) is 119 Å². The second kappa shape index (κ2) is 11.6. The van der Waals surface area contributed by atoms with Crippen molar-refractivity contribution in [3.05, 3.63) is 180 Å². The van der Waals surface area contributed by atoms with Gasteiger partial charge in [-0.05, 0) is 52.1 Å². The number of pyridine rings is 1. The zero-order valence-corrected chi connectivity index (χ0v) is 23.2. The summed E-state index contributed by atoms with van der Waals surface area (Å²) in [5.74, 6) is 1.16. The van der Waals surface area contributed by atoms with Crippen LogP contribution in [0.3, 0.4) is 0 Å². The van der Waals surface area contributed by atoms with E-state index in [1.165, 1.54) is 0 Å². The van der Waals surface area contributed by atoms with Crippen molar-refractivity contribution in [1.29, 1.82) is 0 Å². The lowest BCUT2D eigenvalue weighted by Crippen LogP contribution is -2.47. The van der Waals surface area contributed by atoms with Gasteiger partial charge in [0.15, 0.2) is 11.5 Å². The van der Waals surface area contributed by atoms with Gasteiger partial charge in [0.1, 0.15) is 5.54 Å². The molecular formula is C37H32N2O2. The lowest BCUT2D eigenvalue weighted by Gasteiger charge is -2.48. The second-order valence-corrected chi connectivity index (χ2v) is 9.97. The minimum atomic E-state index is -0.894. The maximum absolute atomic E-state index is 6.46. The van der Waals surface area contributed by atoms with Crippen LogP contribution >= 0.6 is 0 Å². The lowest BCUT2D eigenvalue weighted by molar-refractivity contribution is 0.181. The van der Waals surface area contributed by atoms with Gasteiger partial charge in [0, 0.05) is 29.6 Å². The summed E-state index contributed by atoms with van der Waals surface area (Å²) in [6, 6.07) is 46.1. The number of nitrogens with one attached hydrogen (secondary N) is 1. The molecule has 0 aliphatic heterocycles. The molecule has 0 bridgehead atoms. The summed E-state index contributed by atoms with van der Waals surface area (Å²) in [6.07, 6.45) is 3.67. The van der Waals surface area contributed by atoms with Gasteiger partial charge in [0.2, 0.25) is 0 Å². The summed E-state index contributed by atoms with van der Waals surface area (Å²) in [5, 5.41) is 3.97. The molecule has 1 heterocycles. The van der Waals surface area contributed by atoms with Gasteiger partial charge in [-0.1, -0.05) is 109 Å². The molecular weight excluding hydrogens is 504 g/mol. The van der Waals surface area contributed by atoms with Gasteiger partial charge in [0.25, 0.3) is 0 Å². The van der Waals surface area contributed by atoms with Crippen molar-refractivity contribution in [3.8, 4) is 0 Å². The van der Waals surface area contributed by atoms with Crippen LogP contribution in [0.4, 0.5) is 5.69 Å².